The zero-order valence-corrected chi connectivity index (χ0v) is 18.5. The summed E-state index contributed by atoms with van der Waals surface area (Å²) in [6, 6.07) is 2.82. The average Bonchev–Trinajstić information content (AvgIpc) is 3.49. The minimum absolute atomic E-state index is 0.136. The van der Waals surface area contributed by atoms with E-state index in [0.29, 0.717) is 18.1 Å². The molecule has 3 rings (SSSR count). The Morgan fingerprint density at radius 2 is 2.06 bits per heavy atom. The van der Waals surface area contributed by atoms with Crippen LogP contribution in [0.25, 0.3) is 0 Å². The van der Waals surface area contributed by atoms with E-state index in [4.69, 9.17) is 4.74 Å². The number of nitrogens with one attached hydrogen (secondary N) is 2. The number of nitrogens with zero attached hydrogens (tertiary/aromatic N) is 1. The first-order chi connectivity index (χ1) is 14.7. The lowest BCUT2D eigenvalue weighted by atomic mass is 10.1. The molecule has 1 aromatic rings. The van der Waals surface area contributed by atoms with Crippen molar-refractivity contribution < 1.29 is 27.1 Å². The van der Waals surface area contributed by atoms with Crippen molar-refractivity contribution in [2.45, 2.75) is 45.2 Å². The Morgan fingerprint density at radius 1 is 1.32 bits per heavy atom. The summed E-state index contributed by atoms with van der Waals surface area (Å²) in [6.07, 6.45) is 5.76. The number of rotatable bonds is 11. The molecule has 0 radical (unpaired) electrons. The SMILES string of the molecule is CC(NS(=O)(=O)CC/C=C/CN1C(=O)NC(=O)[C@@H]1C)c1ccc(F)c(OCC2CC2)c1. The van der Waals surface area contributed by atoms with Gasteiger partial charge in [-0.2, -0.15) is 0 Å². The Morgan fingerprint density at radius 3 is 2.71 bits per heavy atom. The molecule has 1 unspecified atom stereocenters. The van der Waals surface area contributed by atoms with Crippen molar-refractivity contribution in [2.75, 3.05) is 18.9 Å². The van der Waals surface area contributed by atoms with Gasteiger partial charge in [0.2, 0.25) is 10.0 Å². The Hall–Kier alpha value is -2.46. The standard InChI is InChI=1S/C21H28FN3O5S/c1-14(17-8-9-18(22)19(12-17)30-13-16-6-7-16)24-31(28,29)11-5-3-4-10-25-15(2)20(26)23-21(25)27/h3-4,8-9,12,14-16,24H,5-7,10-11,13H2,1-2H3,(H,23,26,27)/b4-3+/t14?,15-/m0/s1. The maximum Gasteiger partial charge on any atom is 0.325 e. The van der Waals surface area contributed by atoms with Crippen LogP contribution < -0.4 is 14.8 Å². The van der Waals surface area contributed by atoms with Crippen molar-refractivity contribution in [3.8, 4) is 5.75 Å². The van der Waals surface area contributed by atoms with E-state index >= 15 is 0 Å². The largest absolute Gasteiger partial charge is 0.490 e. The Kier molecular flexibility index (Phi) is 7.32. The molecule has 10 heteroatoms. The zero-order chi connectivity index (χ0) is 22.6. The van der Waals surface area contributed by atoms with Crippen molar-refractivity contribution in [2.24, 2.45) is 5.92 Å². The summed E-state index contributed by atoms with van der Waals surface area (Å²) in [6.45, 7) is 4.01. The molecule has 3 amide bonds. The van der Waals surface area contributed by atoms with E-state index in [-0.39, 0.29) is 30.4 Å². The van der Waals surface area contributed by atoms with Gasteiger partial charge in [-0.3, -0.25) is 10.1 Å². The van der Waals surface area contributed by atoms with Gasteiger partial charge in [-0.15, -0.1) is 0 Å². The van der Waals surface area contributed by atoms with Crippen LogP contribution in [0, 0.1) is 11.7 Å². The number of hydrogen-bond acceptors (Lipinski definition) is 5. The highest BCUT2D eigenvalue weighted by atomic mass is 32.2. The highest BCUT2D eigenvalue weighted by Gasteiger charge is 2.33. The van der Waals surface area contributed by atoms with Gasteiger partial charge in [0, 0.05) is 12.6 Å². The van der Waals surface area contributed by atoms with Crippen LogP contribution in [0.4, 0.5) is 9.18 Å². The molecule has 2 aliphatic rings. The van der Waals surface area contributed by atoms with E-state index in [9.17, 15) is 22.4 Å². The van der Waals surface area contributed by atoms with Gasteiger partial charge >= 0.3 is 6.03 Å². The number of ether oxygens (including phenoxy) is 1. The number of allylic oxidation sites excluding steroid dienone is 1. The Labute approximate surface area is 181 Å². The lowest BCUT2D eigenvalue weighted by Crippen LogP contribution is -2.33. The minimum Gasteiger partial charge on any atom is -0.490 e. The van der Waals surface area contributed by atoms with E-state index in [1.807, 2.05) is 0 Å². The molecule has 0 bridgehead atoms. The summed E-state index contributed by atoms with van der Waals surface area (Å²) in [7, 11) is -3.58. The van der Waals surface area contributed by atoms with E-state index in [1.54, 1.807) is 26.0 Å². The number of amides is 3. The van der Waals surface area contributed by atoms with Crippen LogP contribution in [-0.4, -0.2) is 50.2 Å². The number of urea groups is 1. The molecule has 8 nitrogen and oxygen atoms in total. The van der Waals surface area contributed by atoms with E-state index in [1.165, 1.54) is 23.1 Å². The third kappa shape index (κ3) is 6.51. The van der Waals surface area contributed by atoms with Gasteiger partial charge in [0.05, 0.1) is 12.4 Å². The number of sulfonamides is 1. The van der Waals surface area contributed by atoms with Crippen LogP contribution >= 0.6 is 0 Å². The fourth-order valence-electron chi connectivity index (χ4n) is 3.16. The second kappa shape index (κ2) is 9.78. The van der Waals surface area contributed by atoms with Crippen molar-refractivity contribution >= 4 is 22.0 Å². The highest BCUT2D eigenvalue weighted by molar-refractivity contribution is 7.89. The molecule has 2 N–H and O–H groups in total. The fraction of sp³-hybridized carbons (Fsp3) is 0.524. The Bertz CT molecular complexity index is 962. The van der Waals surface area contributed by atoms with Gasteiger partial charge in [-0.25, -0.2) is 22.3 Å². The van der Waals surface area contributed by atoms with Crippen LogP contribution in [0.1, 0.15) is 44.7 Å². The molecular weight excluding hydrogens is 425 g/mol. The summed E-state index contributed by atoms with van der Waals surface area (Å²) in [4.78, 5) is 24.4. The van der Waals surface area contributed by atoms with Crippen molar-refractivity contribution in [1.82, 2.24) is 14.9 Å². The van der Waals surface area contributed by atoms with Crippen LogP contribution in [0.15, 0.2) is 30.4 Å². The van der Waals surface area contributed by atoms with Gasteiger partial charge in [0.15, 0.2) is 11.6 Å². The molecule has 1 aliphatic carbocycles. The number of imide groups is 1. The summed E-state index contributed by atoms with van der Waals surface area (Å²) < 4.78 is 46.8. The molecule has 1 aliphatic heterocycles. The molecule has 1 aromatic carbocycles. The van der Waals surface area contributed by atoms with Crippen LogP contribution in [0.3, 0.4) is 0 Å². The van der Waals surface area contributed by atoms with Gasteiger partial charge in [0.1, 0.15) is 6.04 Å². The zero-order valence-electron chi connectivity index (χ0n) is 17.6. The Balaban J connectivity index is 1.48. The third-order valence-electron chi connectivity index (χ3n) is 5.34. The molecule has 0 aromatic heterocycles. The molecule has 170 valence electrons. The van der Waals surface area contributed by atoms with E-state index in [0.717, 1.165) is 12.8 Å². The number of benzene rings is 1. The topological polar surface area (TPSA) is 105 Å². The van der Waals surface area contributed by atoms with Gasteiger partial charge in [-0.05, 0) is 56.7 Å². The van der Waals surface area contributed by atoms with Crippen LogP contribution in [-0.2, 0) is 14.8 Å². The molecule has 31 heavy (non-hydrogen) atoms. The average molecular weight is 454 g/mol. The normalized spacial score (nSPS) is 20.4. The van der Waals surface area contributed by atoms with Crippen molar-refractivity contribution in [3.05, 3.63) is 41.7 Å². The first-order valence-electron chi connectivity index (χ1n) is 10.3. The minimum atomic E-state index is -3.58. The third-order valence-corrected chi connectivity index (χ3v) is 6.83. The lowest BCUT2D eigenvalue weighted by Gasteiger charge is -2.16. The van der Waals surface area contributed by atoms with Crippen molar-refractivity contribution in [1.29, 1.82) is 0 Å². The summed E-state index contributed by atoms with van der Waals surface area (Å²) in [5.74, 6) is -0.332. The predicted octanol–water partition coefficient (Wildman–Crippen LogP) is 2.48. The first-order valence-corrected chi connectivity index (χ1v) is 12.0. The van der Waals surface area contributed by atoms with E-state index in [2.05, 4.69) is 10.0 Å². The number of halogens is 1. The van der Waals surface area contributed by atoms with Crippen LogP contribution in [0.5, 0.6) is 5.75 Å². The smallest absolute Gasteiger partial charge is 0.325 e. The number of carbonyl (C=O) groups is 2. The van der Waals surface area contributed by atoms with Crippen molar-refractivity contribution in [3.63, 3.8) is 0 Å². The number of hydrogen-bond donors (Lipinski definition) is 2. The monoisotopic (exact) mass is 453 g/mol. The predicted molar refractivity (Wildman–Crippen MR) is 113 cm³/mol. The second-order valence-electron chi connectivity index (χ2n) is 7.99. The molecule has 1 saturated carbocycles. The summed E-state index contributed by atoms with van der Waals surface area (Å²) in [5.41, 5.74) is 0.616. The second-order valence-corrected chi connectivity index (χ2v) is 9.86. The van der Waals surface area contributed by atoms with Gasteiger partial charge in [0.25, 0.3) is 5.91 Å². The van der Waals surface area contributed by atoms with Gasteiger partial charge < -0.3 is 9.64 Å². The molecule has 1 heterocycles. The summed E-state index contributed by atoms with van der Waals surface area (Å²) in [5, 5.41) is 2.22. The quantitative estimate of drug-likeness (QED) is 0.396. The van der Waals surface area contributed by atoms with Gasteiger partial charge in [-0.1, -0.05) is 18.2 Å². The maximum atomic E-state index is 13.9. The van der Waals surface area contributed by atoms with E-state index < -0.39 is 34.0 Å². The summed E-state index contributed by atoms with van der Waals surface area (Å²) >= 11 is 0. The molecule has 0 spiro atoms. The molecule has 2 atom stereocenters. The number of carbonyl (C=O) groups excluding carboxylic acids is 2. The lowest BCUT2D eigenvalue weighted by molar-refractivity contribution is -0.120. The molecule has 2 fully saturated rings. The fourth-order valence-corrected chi connectivity index (χ4v) is 4.40. The molecular formula is C21H28FN3O5S. The van der Waals surface area contributed by atoms with Crippen LogP contribution in [0.2, 0.25) is 0 Å². The molecule has 1 saturated heterocycles. The first kappa shape index (κ1) is 23.2. The maximum absolute atomic E-state index is 13.9. The highest BCUT2D eigenvalue weighted by Crippen LogP contribution is 2.31.